The molecule has 0 saturated heterocycles. The number of rotatable bonds is 5. The van der Waals surface area contributed by atoms with E-state index in [9.17, 15) is 14.0 Å². The van der Waals surface area contributed by atoms with Crippen LogP contribution in [0.4, 0.5) is 4.39 Å². The van der Waals surface area contributed by atoms with Crippen molar-refractivity contribution < 1.29 is 18.7 Å². The van der Waals surface area contributed by atoms with Crippen LogP contribution in [-0.4, -0.2) is 22.8 Å². The minimum atomic E-state index is -0.557. The van der Waals surface area contributed by atoms with Crippen LogP contribution < -0.4 is 4.74 Å². The summed E-state index contributed by atoms with van der Waals surface area (Å²) in [6.45, 7) is 3.87. The summed E-state index contributed by atoms with van der Waals surface area (Å²) >= 11 is 6.14. The molecule has 1 aliphatic heterocycles. The Morgan fingerprint density at radius 2 is 1.62 bits per heavy atom. The molecule has 1 aliphatic rings. The highest BCUT2D eigenvalue weighted by Crippen LogP contribution is 2.33. The SMILES string of the molecule is CC(C)Oc1ccc(C2=C(Cl)C(=O)N(Cc3ccc(F)cc3)C2=O)cc1. The monoisotopic (exact) mass is 373 g/mol. The van der Waals surface area contributed by atoms with Gasteiger partial charge >= 0.3 is 0 Å². The van der Waals surface area contributed by atoms with Crippen molar-refractivity contribution in [3.8, 4) is 5.75 Å². The second-order valence-electron chi connectivity index (χ2n) is 6.20. The van der Waals surface area contributed by atoms with E-state index in [2.05, 4.69) is 0 Å². The van der Waals surface area contributed by atoms with E-state index in [1.54, 1.807) is 24.3 Å². The molecule has 2 aromatic rings. The van der Waals surface area contributed by atoms with Crippen molar-refractivity contribution in [1.29, 1.82) is 0 Å². The fourth-order valence-corrected chi connectivity index (χ4v) is 2.98. The highest BCUT2D eigenvalue weighted by molar-refractivity contribution is 6.55. The molecule has 2 aromatic carbocycles. The van der Waals surface area contributed by atoms with Gasteiger partial charge in [-0.2, -0.15) is 0 Å². The molecule has 1 heterocycles. The van der Waals surface area contributed by atoms with Gasteiger partial charge in [-0.25, -0.2) is 4.39 Å². The first-order valence-corrected chi connectivity index (χ1v) is 8.52. The molecule has 4 nitrogen and oxygen atoms in total. The Balaban J connectivity index is 1.83. The van der Waals surface area contributed by atoms with Gasteiger partial charge in [-0.3, -0.25) is 14.5 Å². The number of carbonyl (C=O) groups excluding carboxylic acids is 2. The number of imide groups is 1. The quantitative estimate of drug-likeness (QED) is 0.740. The zero-order valence-corrected chi connectivity index (χ0v) is 15.1. The fourth-order valence-electron chi connectivity index (χ4n) is 2.69. The molecule has 0 aliphatic carbocycles. The predicted molar refractivity (Wildman–Crippen MR) is 96.9 cm³/mol. The predicted octanol–water partition coefficient (Wildman–Crippen LogP) is 4.13. The number of hydrogen-bond acceptors (Lipinski definition) is 3. The summed E-state index contributed by atoms with van der Waals surface area (Å²) in [7, 11) is 0. The van der Waals surface area contributed by atoms with Crippen LogP contribution in [0.1, 0.15) is 25.0 Å². The third kappa shape index (κ3) is 3.63. The van der Waals surface area contributed by atoms with Gasteiger partial charge in [0, 0.05) is 0 Å². The Labute approximate surface area is 155 Å². The number of ether oxygens (including phenoxy) is 1. The summed E-state index contributed by atoms with van der Waals surface area (Å²) in [6, 6.07) is 12.5. The number of carbonyl (C=O) groups is 2. The summed E-state index contributed by atoms with van der Waals surface area (Å²) in [5.41, 5.74) is 1.35. The zero-order chi connectivity index (χ0) is 18.8. The van der Waals surface area contributed by atoms with Crippen molar-refractivity contribution in [2.24, 2.45) is 0 Å². The van der Waals surface area contributed by atoms with E-state index in [0.29, 0.717) is 16.9 Å². The molecule has 3 rings (SSSR count). The summed E-state index contributed by atoms with van der Waals surface area (Å²) in [5, 5.41) is -0.116. The van der Waals surface area contributed by atoms with Crippen molar-refractivity contribution in [1.82, 2.24) is 4.90 Å². The van der Waals surface area contributed by atoms with Gasteiger partial charge in [-0.15, -0.1) is 0 Å². The average molecular weight is 374 g/mol. The van der Waals surface area contributed by atoms with E-state index in [0.717, 1.165) is 4.90 Å². The van der Waals surface area contributed by atoms with Crippen molar-refractivity contribution in [2.45, 2.75) is 26.5 Å². The van der Waals surface area contributed by atoms with Crippen LogP contribution in [-0.2, 0) is 16.1 Å². The highest BCUT2D eigenvalue weighted by Gasteiger charge is 2.38. The molecular formula is C20H17ClFNO3. The Bertz CT molecular complexity index is 873. The van der Waals surface area contributed by atoms with E-state index in [4.69, 9.17) is 16.3 Å². The molecule has 0 saturated carbocycles. The van der Waals surface area contributed by atoms with E-state index >= 15 is 0 Å². The minimum Gasteiger partial charge on any atom is -0.491 e. The smallest absolute Gasteiger partial charge is 0.273 e. The number of halogens is 2. The number of benzene rings is 2. The molecule has 0 N–H and O–H groups in total. The van der Waals surface area contributed by atoms with Gasteiger partial charge in [-0.05, 0) is 49.2 Å². The van der Waals surface area contributed by atoms with Crippen LogP contribution in [0, 0.1) is 5.82 Å². The lowest BCUT2D eigenvalue weighted by Gasteiger charge is -2.15. The molecule has 2 amide bonds. The molecule has 0 spiro atoms. The van der Waals surface area contributed by atoms with Gasteiger partial charge in [0.15, 0.2) is 0 Å². The maximum Gasteiger partial charge on any atom is 0.273 e. The molecule has 0 aromatic heterocycles. The number of hydrogen-bond donors (Lipinski definition) is 0. The molecule has 134 valence electrons. The van der Waals surface area contributed by atoms with Gasteiger partial charge in [0.25, 0.3) is 11.8 Å². The lowest BCUT2D eigenvalue weighted by Crippen LogP contribution is -2.30. The Hall–Kier alpha value is -2.66. The van der Waals surface area contributed by atoms with E-state index < -0.39 is 11.8 Å². The first-order chi connectivity index (χ1) is 12.4. The average Bonchev–Trinajstić information content (AvgIpc) is 2.81. The molecule has 0 atom stereocenters. The van der Waals surface area contributed by atoms with Crippen molar-refractivity contribution in [3.05, 3.63) is 70.5 Å². The summed E-state index contributed by atoms with van der Waals surface area (Å²) in [5.74, 6) is -0.742. The highest BCUT2D eigenvalue weighted by atomic mass is 35.5. The lowest BCUT2D eigenvalue weighted by molar-refractivity contribution is -0.137. The second-order valence-corrected chi connectivity index (χ2v) is 6.58. The summed E-state index contributed by atoms with van der Waals surface area (Å²) in [4.78, 5) is 26.2. The molecule has 26 heavy (non-hydrogen) atoms. The largest absolute Gasteiger partial charge is 0.491 e. The van der Waals surface area contributed by atoms with Gasteiger partial charge in [0.1, 0.15) is 16.6 Å². The molecular weight excluding hydrogens is 357 g/mol. The molecule has 0 fully saturated rings. The van der Waals surface area contributed by atoms with Gasteiger partial charge in [-0.1, -0.05) is 35.9 Å². The van der Waals surface area contributed by atoms with Crippen LogP contribution in [0.25, 0.3) is 5.57 Å². The van der Waals surface area contributed by atoms with Crippen LogP contribution in [0.15, 0.2) is 53.6 Å². The van der Waals surface area contributed by atoms with Crippen molar-refractivity contribution in [3.63, 3.8) is 0 Å². The van der Waals surface area contributed by atoms with Crippen LogP contribution in [0.3, 0.4) is 0 Å². The number of amides is 2. The molecule has 0 radical (unpaired) electrons. The topological polar surface area (TPSA) is 46.6 Å². The normalized spacial score (nSPS) is 14.6. The second kappa shape index (κ2) is 7.30. The van der Waals surface area contributed by atoms with E-state index in [1.807, 2.05) is 13.8 Å². The third-order valence-electron chi connectivity index (χ3n) is 3.88. The Morgan fingerprint density at radius 3 is 2.19 bits per heavy atom. The van der Waals surface area contributed by atoms with Crippen molar-refractivity contribution in [2.75, 3.05) is 0 Å². The maximum atomic E-state index is 13.0. The standard InChI is InChI=1S/C20H17ClFNO3/c1-12(2)26-16-9-5-14(6-10-16)17-18(21)20(25)23(19(17)24)11-13-3-7-15(22)8-4-13/h3-10,12H,11H2,1-2H3. The fraction of sp³-hybridized carbons (Fsp3) is 0.200. The number of nitrogens with zero attached hydrogens (tertiary/aromatic N) is 1. The van der Waals surface area contributed by atoms with Crippen LogP contribution in [0.2, 0.25) is 0 Å². The van der Waals surface area contributed by atoms with Gasteiger partial charge in [0.2, 0.25) is 0 Å². The molecule has 0 unspecified atom stereocenters. The van der Waals surface area contributed by atoms with Crippen LogP contribution >= 0.6 is 11.6 Å². The first kappa shape index (κ1) is 18.1. The van der Waals surface area contributed by atoms with Gasteiger partial charge in [0.05, 0.1) is 18.2 Å². The molecule has 0 bridgehead atoms. The first-order valence-electron chi connectivity index (χ1n) is 8.14. The van der Waals surface area contributed by atoms with Crippen LogP contribution in [0.5, 0.6) is 5.75 Å². The summed E-state index contributed by atoms with van der Waals surface area (Å²) < 4.78 is 18.6. The Kier molecular flexibility index (Phi) is 5.09. The third-order valence-corrected chi connectivity index (χ3v) is 4.23. The summed E-state index contributed by atoms with van der Waals surface area (Å²) in [6.07, 6.45) is 0.0320. The van der Waals surface area contributed by atoms with Gasteiger partial charge < -0.3 is 4.74 Å². The Morgan fingerprint density at radius 1 is 1.00 bits per heavy atom. The lowest BCUT2D eigenvalue weighted by atomic mass is 10.1. The minimum absolute atomic E-state index is 0.0320. The van der Waals surface area contributed by atoms with Crippen molar-refractivity contribution >= 4 is 29.0 Å². The van der Waals surface area contributed by atoms with E-state index in [-0.39, 0.29) is 29.1 Å². The maximum absolute atomic E-state index is 13.0. The zero-order valence-electron chi connectivity index (χ0n) is 14.3. The molecule has 6 heteroatoms. The van der Waals surface area contributed by atoms with E-state index in [1.165, 1.54) is 24.3 Å².